The summed E-state index contributed by atoms with van der Waals surface area (Å²) < 4.78 is 0. The minimum absolute atomic E-state index is 0.0366. The quantitative estimate of drug-likeness (QED) is 0.768. The van der Waals surface area contributed by atoms with Crippen LogP contribution in [0, 0.1) is 0 Å². The number of nitrogens with one attached hydrogen (secondary N) is 1. The molecule has 1 N–H and O–H groups in total. The van der Waals surface area contributed by atoms with Gasteiger partial charge in [0.1, 0.15) is 5.01 Å². The Hall–Kier alpha value is -2.24. The monoisotopic (exact) mass is 343 g/mol. The molecule has 0 spiro atoms. The van der Waals surface area contributed by atoms with E-state index in [9.17, 15) is 4.79 Å². The van der Waals surface area contributed by atoms with E-state index in [0.717, 1.165) is 21.8 Å². The molecule has 0 aliphatic rings. The summed E-state index contributed by atoms with van der Waals surface area (Å²) >= 11 is 7.35. The smallest absolute Gasteiger partial charge is 0.224 e. The van der Waals surface area contributed by atoms with Gasteiger partial charge in [-0.1, -0.05) is 23.7 Å². The van der Waals surface area contributed by atoms with E-state index in [1.807, 2.05) is 29.6 Å². The van der Waals surface area contributed by atoms with Gasteiger partial charge in [0.2, 0.25) is 5.91 Å². The molecule has 1 amide bonds. The highest BCUT2D eigenvalue weighted by molar-refractivity contribution is 7.09. The fourth-order valence-electron chi connectivity index (χ4n) is 2.06. The number of nitrogens with zero attached hydrogens (tertiary/aromatic N) is 2. The first-order valence-corrected chi connectivity index (χ1v) is 8.32. The Morgan fingerprint density at radius 2 is 2.04 bits per heavy atom. The van der Waals surface area contributed by atoms with E-state index in [0.29, 0.717) is 18.0 Å². The third kappa shape index (κ3) is 4.37. The summed E-state index contributed by atoms with van der Waals surface area (Å²) in [5.74, 6) is -0.0366. The zero-order valence-electron chi connectivity index (χ0n) is 12.2. The van der Waals surface area contributed by atoms with Crippen LogP contribution in [-0.4, -0.2) is 15.9 Å². The first-order valence-electron chi connectivity index (χ1n) is 7.06. The van der Waals surface area contributed by atoms with Crippen molar-refractivity contribution >= 4 is 28.8 Å². The molecule has 0 radical (unpaired) electrons. The van der Waals surface area contributed by atoms with E-state index < -0.39 is 0 Å². The number of rotatable bonds is 5. The van der Waals surface area contributed by atoms with Crippen LogP contribution in [0.25, 0.3) is 11.3 Å². The molecule has 0 bridgehead atoms. The summed E-state index contributed by atoms with van der Waals surface area (Å²) in [5.41, 5.74) is 2.79. The molecule has 0 fully saturated rings. The van der Waals surface area contributed by atoms with Gasteiger partial charge < -0.3 is 5.32 Å². The summed E-state index contributed by atoms with van der Waals surface area (Å²) in [4.78, 5) is 20.6. The van der Waals surface area contributed by atoms with Crippen molar-refractivity contribution in [1.82, 2.24) is 15.3 Å². The molecule has 0 aliphatic carbocycles. The summed E-state index contributed by atoms with van der Waals surface area (Å²) in [7, 11) is 0. The van der Waals surface area contributed by atoms with Gasteiger partial charge >= 0.3 is 0 Å². The number of amides is 1. The molecule has 2 heterocycles. The number of carbonyl (C=O) groups is 1. The average molecular weight is 344 g/mol. The van der Waals surface area contributed by atoms with Crippen LogP contribution in [0.4, 0.5) is 0 Å². The van der Waals surface area contributed by atoms with Crippen molar-refractivity contribution in [3.63, 3.8) is 0 Å². The van der Waals surface area contributed by atoms with Gasteiger partial charge in [-0.15, -0.1) is 11.3 Å². The minimum atomic E-state index is -0.0366. The molecule has 2 aromatic heterocycles. The number of benzene rings is 1. The van der Waals surface area contributed by atoms with E-state index in [4.69, 9.17) is 11.6 Å². The molecule has 0 aliphatic heterocycles. The van der Waals surface area contributed by atoms with Crippen LogP contribution in [0.15, 0.2) is 54.2 Å². The zero-order chi connectivity index (χ0) is 16.1. The Kier molecular flexibility index (Phi) is 5.00. The highest BCUT2D eigenvalue weighted by Crippen LogP contribution is 2.20. The molecular formula is C17H14ClN3OS. The van der Waals surface area contributed by atoms with Crippen LogP contribution in [-0.2, 0) is 17.8 Å². The maximum atomic E-state index is 12.0. The molecular weight excluding hydrogens is 330 g/mol. The van der Waals surface area contributed by atoms with Crippen LogP contribution >= 0.6 is 22.9 Å². The number of halogens is 1. The number of thiazole rings is 1. The average Bonchev–Trinajstić information content (AvgIpc) is 3.05. The fraction of sp³-hybridized carbons (Fsp3) is 0.118. The van der Waals surface area contributed by atoms with Crippen molar-refractivity contribution < 1.29 is 4.79 Å². The number of carbonyl (C=O) groups excluding carboxylic acids is 1. The maximum absolute atomic E-state index is 12.0. The molecule has 0 saturated heterocycles. The van der Waals surface area contributed by atoms with Gasteiger partial charge in [0.15, 0.2) is 0 Å². The van der Waals surface area contributed by atoms with Crippen LogP contribution in [0.3, 0.4) is 0 Å². The molecule has 4 nitrogen and oxygen atoms in total. The number of pyridine rings is 1. The summed E-state index contributed by atoms with van der Waals surface area (Å²) in [6.07, 6.45) is 3.84. The highest BCUT2D eigenvalue weighted by Gasteiger charge is 2.07. The zero-order valence-corrected chi connectivity index (χ0v) is 13.8. The fourth-order valence-corrected chi connectivity index (χ4v) is 2.93. The van der Waals surface area contributed by atoms with Crippen LogP contribution in [0.2, 0.25) is 5.02 Å². The van der Waals surface area contributed by atoms with E-state index in [1.165, 1.54) is 11.3 Å². The molecule has 0 saturated carbocycles. The minimum Gasteiger partial charge on any atom is -0.349 e. The first kappa shape index (κ1) is 15.6. The second-order valence-electron chi connectivity index (χ2n) is 4.95. The summed E-state index contributed by atoms with van der Waals surface area (Å²) in [6, 6.07) is 11.1. The van der Waals surface area contributed by atoms with Gasteiger partial charge in [-0.3, -0.25) is 9.78 Å². The van der Waals surface area contributed by atoms with E-state index in [1.54, 1.807) is 24.5 Å². The van der Waals surface area contributed by atoms with Gasteiger partial charge in [0.25, 0.3) is 0 Å². The standard InChI is InChI=1S/C17H14ClN3OS/c18-14-5-3-12(4-6-14)8-16(22)20-10-17-21-15(11-23-17)13-2-1-7-19-9-13/h1-7,9,11H,8,10H2,(H,20,22). The van der Waals surface area contributed by atoms with Crippen molar-refractivity contribution in [1.29, 1.82) is 0 Å². The van der Waals surface area contributed by atoms with Crippen molar-refractivity contribution in [3.05, 3.63) is 69.8 Å². The predicted octanol–water partition coefficient (Wildman–Crippen LogP) is 3.72. The Morgan fingerprint density at radius 1 is 1.22 bits per heavy atom. The first-order chi connectivity index (χ1) is 11.2. The van der Waals surface area contributed by atoms with Crippen LogP contribution < -0.4 is 5.32 Å². The Labute approximate surface area is 143 Å². The number of hydrogen-bond acceptors (Lipinski definition) is 4. The molecule has 3 rings (SSSR count). The maximum Gasteiger partial charge on any atom is 0.224 e. The van der Waals surface area contributed by atoms with Gasteiger partial charge in [-0.2, -0.15) is 0 Å². The number of hydrogen-bond donors (Lipinski definition) is 1. The van der Waals surface area contributed by atoms with Gasteiger partial charge in [0, 0.05) is 28.4 Å². The predicted molar refractivity (Wildman–Crippen MR) is 92.3 cm³/mol. The van der Waals surface area contributed by atoms with Crippen LogP contribution in [0.5, 0.6) is 0 Å². The molecule has 1 aromatic carbocycles. The largest absolute Gasteiger partial charge is 0.349 e. The molecule has 116 valence electrons. The number of aromatic nitrogens is 2. The molecule has 6 heteroatoms. The highest BCUT2D eigenvalue weighted by atomic mass is 35.5. The summed E-state index contributed by atoms with van der Waals surface area (Å²) in [5, 5.41) is 6.39. The lowest BCUT2D eigenvalue weighted by molar-refractivity contribution is -0.120. The second-order valence-corrected chi connectivity index (χ2v) is 6.33. The molecule has 23 heavy (non-hydrogen) atoms. The Balaban J connectivity index is 1.55. The Morgan fingerprint density at radius 3 is 2.78 bits per heavy atom. The van der Waals surface area contributed by atoms with Gasteiger partial charge in [0.05, 0.1) is 18.7 Å². The third-order valence-corrected chi connectivity index (χ3v) is 4.32. The lowest BCUT2D eigenvalue weighted by Crippen LogP contribution is -2.24. The summed E-state index contributed by atoms with van der Waals surface area (Å²) in [6.45, 7) is 0.428. The second kappa shape index (κ2) is 7.35. The van der Waals surface area contributed by atoms with E-state index in [-0.39, 0.29) is 5.91 Å². The Bertz CT molecular complexity index is 787. The van der Waals surface area contributed by atoms with Crippen molar-refractivity contribution in [2.24, 2.45) is 0 Å². The van der Waals surface area contributed by atoms with E-state index in [2.05, 4.69) is 15.3 Å². The molecule has 0 atom stereocenters. The lowest BCUT2D eigenvalue weighted by Gasteiger charge is -2.03. The van der Waals surface area contributed by atoms with E-state index >= 15 is 0 Å². The normalized spacial score (nSPS) is 10.5. The topological polar surface area (TPSA) is 54.9 Å². The molecule has 0 unspecified atom stereocenters. The lowest BCUT2D eigenvalue weighted by atomic mass is 10.1. The van der Waals surface area contributed by atoms with Crippen LogP contribution in [0.1, 0.15) is 10.6 Å². The SMILES string of the molecule is O=C(Cc1ccc(Cl)cc1)NCc1nc(-c2cccnc2)cs1. The molecule has 3 aromatic rings. The van der Waals surface area contributed by atoms with Gasteiger partial charge in [-0.25, -0.2) is 4.98 Å². The van der Waals surface area contributed by atoms with Crippen molar-refractivity contribution in [2.75, 3.05) is 0 Å². The van der Waals surface area contributed by atoms with Crippen molar-refractivity contribution in [3.8, 4) is 11.3 Å². The van der Waals surface area contributed by atoms with Crippen molar-refractivity contribution in [2.45, 2.75) is 13.0 Å². The van der Waals surface area contributed by atoms with Gasteiger partial charge in [-0.05, 0) is 29.8 Å². The third-order valence-electron chi connectivity index (χ3n) is 3.22.